The lowest BCUT2D eigenvalue weighted by atomic mass is 10.2. The van der Waals surface area contributed by atoms with Crippen LogP contribution >= 0.6 is 0 Å². The fraction of sp³-hybridized carbons (Fsp3) is 0.0769. The van der Waals surface area contributed by atoms with Crippen molar-refractivity contribution in [3.05, 3.63) is 59.7 Å². The molecule has 0 aliphatic heterocycles. The first kappa shape index (κ1) is 11.4. The zero-order valence-corrected chi connectivity index (χ0v) is 8.95. The SMILES string of the molecule is Oc1ccccc1CNc1c(F)cccc1F. The molecule has 2 aromatic rings. The van der Waals surface area contributed by atoms with Crippen LogP contribution in [0.1, 0.15) is 5.56 Å². The topological polar surface area (TPSA) is 32.3 Å². The van der Waals surface area contributed by atoms with Crippen LogP contribution in [0.25, 0.3) is 0 Å². The quantitative estimate of drug-likeness (QED) is 0.855. The second-order valence-corrected chi connectivity index (χ2v) is 3.58. The highest BCUT2D eigenvalue weighted by molar-refractivity contribution is 5.47. The molecule has 0 unspecified atom stereocenters. The van der Waals surface area contributed by atoms with E-state index in [1.54, 1.807) is 18.2 Å². The largest absolute Gasteiger partial charge is 0.508 e. The van der Waals surface area contributed by atoms with Crippen molar-refractivity contribution in [2.75, 3.05) is 5.32 Å². The Bertz CT molecular complexity index is 508. The molecule has 2 rings (SSSR count). The number of nitrogens with one attached hydrogen (secondary N) is 1. The molecule has 2 N–H and O–H groups in total. The van der Waals surface area contributed by atoms with Crippen molar-refractivity contribution in [2.24, 2.45) is 0 Å². The second kappa shape index (κ2) is 4.82. The maximum absolute atomic E-state index is 13.3. The number of phenolic OH excluding ortho intramolecular Hbond substituents is 1. The lowest BCUT2D eigenvalue weighted by molar-refractivity contribution is 0.469. The number of hydrogen-bond acceptors (Lipinski definition) is 2. The molecule has 0 spiro atoms. The van der Waals surface area contributed by atoms with Gasteiger partial charge in [-0.25, -0.2) is 8.78 Å². The van der Waals surface area contributed by atoms with E-state index in [4.69, 9.17) is 0 Å². The maximum atomic E-state index is 13.3. The van der Waals surface area contributed by atoms with Gasteiger partial charge >= 0.3 is 0 Å². The predicted molar refractivity (Wildman–Crippen MR) is 61.8 cm³/mol. The summed E-state index contributed by atoms with van der Waals surface area (Å²) >= 11 is 0. The Morgan fingerprint density at radius 1 is 0.941 bits per heavy atom. The van der Waals surface area contributed by atoms with Crippen LogP contribution in [0, 0.1) is 11.6 Å². The van der Waals surface area contributed by atoms with Gasteiger partial charge in [-0.1, -0.05) is 24.3 Å². The van der Waals surface area contributed by atoms with Gasteiger partial charge in [-0.15, -0.1) is 0 Å². The van der Waals surface area contributed by atoms with Gasteiger partial charge in [0.2, 0.25) is 0 Å². The van der Waals surface area contributed by atoms with Crippen LogP contribution in [0.2, 0.25) is 0 Å². The molecule has 0 aromatic heterocycles. The molecule has 2 aromatic carbocycles. The summed E-state index contributed by atoms with van der Waals surface area (Å²) in [5.41, 5.74) is 0.394. The Hall–Kier alpha value is -2.10. The minimum absolute atomic E-state index is 0.0942. The van der Waals surface area contributed by atoms with Crippen LogP contribution in [-0.2, 0) is 6.54 Å². The van der Waals surface area contributed by atoms with Crippen molar-refractivity contribution in [3.8, 4) is 5.75 Å². The van der Waals surface area contributed by atoms with Crippen molar-refractivity contribution in [3.63, 3.8) is 0 Å². The number of benzene rings is 2. The van der Waals surface area contributed by atoms with Gasteiger partial charge in [0.25, 0.3) is 0 Å². The Kier molecular flexibility index (Phi) is 3.23. The molecule has 0 saturated carbocycles. The fourth-order valence-electron chi connectivity index (χ4n) is 1.51. The molecule has 17 heavy (non-hydrogen) atoms. The summed E-state index contributed by atoms with van der Waals surface area (Å²) in [6.07, 6.45) is 0. The van der Waals surface area contributed by atoms with Crippen LogP contribution in [0.15, 0.2) is 42.5 Å². The lowest BCUT2D eigenvalue weighted by Gasteiger charge is -2.09. The molecule has 4 heteroatoms. The van der Waals surface area contributed by atoms with E-state index in [9.17, 15) is 13.9 Å². The summed E-state index contributed by atoms with van der Waals surface area (Å²) in [5.74, 6) is -1.21. The van der Waals surface area contributed by atoms with Crippen molar-refractivity contribution < 1.29 is 13.9 Å². The highest BCUT2D eigenvalue weighted by atomic mass is 19.1. The molecule has 0 aliphatic carbocycles. The van der Waals surface area contributed by atoms with Crippen molar-refractivity contribution in [1.29, 1.82) is 0 Å². The number of hydrogen-bond donors (Lipinski definition) is 2. The normalized spacial score (nSPS) is 10.2. The molecule has 2 nitrogen and oxygen atoms in total. The molecule has 0 aliphatic rings. The maximum Gasteiger partial charge on any atom is 0.149 e. The van der Waals surface area contributed by atoms with E-state index in [1.165, 1.54) is 24.3 Å². The Labute approximate surface area is 97.5 Å². The Morgan fingerprint density at radius 3 is 2.24 bits per heavy atom. The highest BCUT2D eigenvalue weighted by Gasteiger charge is 2.08. The van der Waals surface area contributed by atoms with Gasteiger partial charge in [-0.05, 0) is 18.2 Å². The number of rotatable bonds is 3. The van der Waals surface area contributed by atoms with Crippen LogP contribution in [0.4, 0.5) is 14.5 Å². The van der Waals surface area contributed by atoms with Gasteiger partial charge in [0, 0.05) is 12.1 Å². The van der Waals surface area contributed by atoms with Gasteiger partial charge < -0.3 is 10.4 Å². The molecule has 0 amide bonds. The molecule has 0 fully saturated rings. The summed E-state index contributed by atoms with van der Waals surface area (Å²) < 4.78 is 26.6. The van der Waals surface area contributed by atoms with Crippen molar-refractivity contribution >= 4 is 5.69 Å². The van der Waals surface area contributed by atoms with E-state index < -0.39 is 11.6 Å². The standard InChI is InChI=1S/C13H11F2NO/c14-10-5-3-6-11(15)13(10)16-8-9-4-1-2-7-12(9)17/h1-7,16-17H,8H2. The van der Waals surface area contributed by atoms with E-state index in [2.05, 4.69) is 5.32 Å². The summed E-state index contributed by atoms with van der Waals surface area (Å²) in [4.78, 5) is 0. The Morgan fingerprint density at radius 2 is 1.59 bits per heavy atom. The number of anilines is 1. The highest BCUT2D eigenvalue weighted by Crippen LogP contribution is 2.21. The van der Waals surface area contributed by atoms with Crippen molar-refractivity contribution in [2.45, 2.75) is 6.54 Å². The molecular formula is C13H11F2NO. The van der Waals surface area contributed by atoms with Gasteiger partial charge in [-0.3, -0.25) is 0 Å². The van der Waals surface area contributed by atoms with Gasteiger partial charge in [0.05, 0.1) is 0 Å². The third kappa shape index (κ3) is 2.53. The summed E-state index contributed by atoms with van der Waals surface area (Å²) in [6.45, 7) is 0.157. The third-order valence-corrected chi connectivity index (χ3v) is 2.41. The van der Waals surface area contributed by atoms with Crippen LogP contribution in [0.5, 0.6) is 5.75 Å². The third-order valence-electron chi connectivity index (χ3n) is 2.41. The number of phenols is 1. The van der Waals surface area contributed by atoms with E-state index in [1.807, 2.05) is 0 Å². The van der Waals surface area contributed by atoms with E-state index in [0.717, 1.165) is 0 Å². The minimum atomic E-state index is -0.652. The van der Waals surface area contributed by atoms with Gasteiger partial charge in [-0.2, -0.15) is 0 Å². The first-order valence-corrected chi connectivity index (χ1v) is 5.13. The Balaban J connectivity index is 2.16. The molecular weight excluding hydrogens is 224 g/mol. The molecule has 0 atom stereocenters. The average molecular weight is 235 g/mol. The van der Waals surface area contributed by atoms with E-state index >= 15 is 0 Å². The molecule has 88 valence electrons. The van der Waals surface area contributed by atoms with Gasteiger partial charge in [0.1, 0.15) is 23.1 Å². The monoisotopic (exact) mass is 235 g/mol. The first-order chi connectivity index (χ1) is 8.18. The van der Waals surface area contributed by atoms with Crippen LogP contribution in [0.3, 0.4) is 0 Å². The number of halogens is 2. The van der Waals surface area contributed by atoms with Gasteiger partial charge in [0.15, 0.2) is 0 Å². The molecule has 0 saturated heterocycles. The fourth-order valence-corrected chi connectivity index (χ4v) is 1.51. The van der Waals surface area contributed by atoms with Crippen LogP contribution < -0.4 is 5.32 Å². The second-order valence-electron chi connectivity index (χ2n) is 3.58. The summed E-state index contributed by atoms with van der Waals surface area (Å²) in [7, 11) is 0. The molecule has 0 radical (unpaired) electrons. The number of aromatic hydroxyl groups is 1. The number of para-hydroxylation sites is 2. The lowest BCUT2D eigenvalue weighted by Crippen LogP contribution is -2.03. The smallest absolute Gasteiger partial charge is 0.149 e. The van der Waals surface area contributed by atoms with E-state index in [-0.39, 0.29) is 18.0 Å². The predicted octanol–water partition coefficient (Wildman–Crippen LogP) is 3.28. The zero-order valence-electron chi connectivity index (χ0n) is 8.95. The molecule has 0 heterocycles. The average Bonchev–Trinajstić information content (AvgIpc) is 2.30. The molecule has 0 bridgehead atoms. The van der Waals surface area contributed by atoms with Crippen molar-refractivity contribution in [1.82, 2.24) is 0 Å². The zero-order chi connectivity index (χ0) is 12.3. The van der Waals surface area contributed by atoms with E-state index in [0.29, 0.717) is 5.56 Å². The summed E-state index contributed by atoms with van der Waals surface area (Å²) in [6, 6.07) is 10.3. The summed E-state index contributed by atoms with van der Waals surface area (Å²) in [5, 5.41) is 12.1. The first-order valence-electron chi connectivity index (χ1n) is 5.13. The minimum Gasteiger partial charge on any atom is -0.508 e. The van der Waals surface area contributed by atoms with Crippen LogP contribution in [-0.4, -0.2) is 5.11 Å².